The van der Waals surface area contributed by atoms with Crippen molar-refractivity contribution < 1.29 is 9.59 Å². The van der Waals surface area contributed by atoms with Gasteiger partial charge in [0.25, 0.3) is 0 Å². The van der Waals surface area contributed by atoms with Crippen molar-refractivity contribution in [3.63, 3.8) is 0 Å². The minimum absolute atomic E-state index is 0.0356. The topological polar surface area (TPSA) is 47.1 Å². The molecule has 2 aliphatic heterocycles. The zero-order valence-electron chi connectivity index (χ0n) is 15.6. The lowest BCUT2D eigenvalue weighted by molar-refractivity contribution is 0.124. The van der Waals surface area contributed by atoms with Gasteiger partial charge >= 0.3 is 12.1 Å². The molecule has 0 aromatic rings. The van der Waals surface area contributed by atoms with Crippen molar-refractivity contribution in [1.29, 1.82) is 0 Å². The molecule has 0 aromatic heterocycles. The van der Waals surface area contributed by atoms with Crippen LogP contribution in [0.3, 0.4) is 0 Å². The van der Waals surface area contributed by atoms with Gasteiger partial charge in [0, 0.05) is 26.2 Å². The Labute approximate surface area is 173 Å². The normalized spacial score (nSPS) is 22.8. The summed E-state index contributed by atoms with van der Waals surface area (Å²) in [6, 6.07) is 0.0860. The first kappa shape index (κ1) is 21.9. The van der Waals surface area contributed by atoms with E-state index in [1.165, 1.54) is 0 Å². The number of hydrogen-bond donors (Lipinski definition) is 3. The fraction of sp³-hybridized carbons (Fsp3) is 0.882. The zero-order chi connectivity index (χ0) is 19.1. The van der Waals surface area contributed by atoms with Crippen molar-refractivity contribution in [2.75, 3.05) is 43.4 Å². The van der Waals surface area contributed by atoms with Crippen molar-refractivity contribution in [2.24, 2.45) is 0 Å². The third-order valence-electron chi connectivity index (χ3n) is 4.95. The molecule has 150 valence electrons. The monoisotopic (exact) mass is 420 g/mol. The maximum atomic E-state index is 13.1. The molecule has 4 amide bonds. The molecule has 0 spiro atoms. The summed E-state index contributed by atoms with van der Waals surface area (Å²) < 4.78 is 0. The summed E-state index contributed by atoms with van der Waals surface area (Å²) in [4.78, 5) is 33.8. The van der Waals surface area contributed by atoms with Crippen molar-refractivity contribution in [3.05, 3.63) is 0 Å². The summed E-state index contributed by atoms with van der Waals surface area (Å²) in [5.74, 6) is 2.18. The van der Waals surface area contributed by atoms with E-state index in [-0.39, 0.29) is 24.4 Å². The van der Waals surface area contributed by atoms with Crippen LogP contribution in [0.4, 0.5) is 9.59 Å². The van der Waals surface area contributed by atoms with Crippen LogP contribution in [0.5, 0.6) is 0 Å². The van der Waals surface area contributed by atoms with E-state index in [2.05, 4.69) is 44.8 Å². The molecule has 2 atom stereocenters. The van der Waals surface area contributed by atoms with Crippen LogP contribution in [0.1, 0.15) is 39.0 Å². The second-order valence-electron chi connectivity index (χ2n) is 6.75. The fourth-order valence-electron chi connectivity index (χ4n) is 3.73. The predicted molar refractivity (Wildman–Crippen MR) is 116 cm³/mol. The molecule has 0 aliphatic carbocycles. The smallest absolute Gasteiger partial charge is 0.300 e. The Hall–Kier alpha value is -0.410. The molecule has 2 rings (SSSR count). The molecule has 26 heavy (non-hydrogen) atoms. The highest BCUT2D eigenvalue weighted by Gasteiger charge is 2.58. The minimum atomic E-state index is -0.202. The first-order valence-electron chi connectivity index (χ1n) is 9.59. The molecule has 0 aromatic carbocycles. The van der Waals surface area contributed by atoms with Crippen molar-refractivity contribution in [2.45, 2.75) is 51.4 Å². The number of urea groups is 2. The van der Waals surface area contributed by atoms with Gasteiger partial charge in [-0.2, -0.15) is 37.9 Å². The predicted octanol–water partition coefficient (Wildman–Crippen LogP) is 2.87. The first-order valence-corrected chi connectivity index (χ1v) is 11.5. The minimum Gasteiger partial charge on any atom is -0.300 e. The van der Waals surface area contributed by atoms with Gasteiger partial charge in [0.1, 0.15) is 12.3 Å². The van der Waals surface area contributed by atoms with E-state index in [0.717, 1.165) is 49.4 Å². The van der Waals surface area contributed by atoms with Gasteiger partial charge in [-0.1, -0.05) is 13.3 Å². The quantitative estimate of drug-likeness (QED) is 0.425. The van der Waals surface area contributed by atoms with Crippen molar-refractivity contribution in [3.8, 4) is 0 Å². The average molecular weight is 421 g/mol. The number of nitrogens with zero attached hydrogens (tertiary/aromatic N) is 4. The van der Waals surface area contributed by atoms with E-state index in [1.54, 1.807) is 0 Å². The van der Waals surface area contributed by atoms with E-state index in [4.69, 9.17) is 0 Å². The Balaban J connectivity index is 2.31. The SMILES string of the molecule is CCCCN1C(=O)N(CCCS)C2C1N(CCCS)C(=O)N2CCCS. The highest BCUT2D eigenvalue weighted by molar-refractivity contribution is 7.80. The number of carbonyl (C=O) groups excluding carboxylic acids is 2. The van der Waals surface area contributed by atoms with E-state index >= 15 is 0 Å². The van der Waals surface area contributed by atoms with Crippen LogP contribution in [0.25, 0.3) is 0 Å². The Morgan fingerprint density at radius 2 is 0.962 bits per heavy atom. The average Bonchev–Trinajstić information content (AvgIpc) is 3.05. The number of hydrogen-bond acceptors (Lipinski definition) is 5. The Morgan fingerprint density at radius 1 is 0.654 bits per heavy atom. The summed E-state index contributed by atoms with van der Waals surface area (Å²) in [7, 11) is 0. The number of carbonyl (C=O) groups is 2. The van der Waals surface area contributed by atoms with Gasteiger partial charge in [-0.15, -0.1) is 0 Å². The molecule has 0 N–H and O–H groups in total. The van der Waals surface area contributed by atoms with Crippen LogP contribution in [0.15, 0.2) is 0 Å². The third kappa shape index (κ3) is 4.52. The Kier molecular flexibility index (Phi) is 9.09. The first-order chi connectivity index (χ1) is 12.6. The highest BCUT2D eigenvalue weighted by atomic mass is 32.1. The van der Waals surface area contributed by atoms with Crippen LogP contribution >= 0.6 is 37.9 Å². The van der Waals surface area contributed by atoms with Crippen LogP contribution < -0.4 is 0 Å². The molecule has 2 heterocycles. The highest BCUT2D eigenvalue weighted by Crippen LogP contribution is 2.35. The maximum Gasteiger partial charge on any atom is 0.323 e. The lowest BCUT2D eigenvalue weighted by Crippen LogP contribution is -2.47. The number of amides is 4. The summed E-state index contributed by atoms with van der Waals surface area (Å²) >= 11 is 12.9. The number of thiol groups is 3. The van der Waals surface area contributed by atoms with Gasteiger partial charge in [-0.05, 0) is 42.9 Å². The van der Waals surface area contributed by atoms with Crippen LogP contribution in [0, 0.1) is 0 Å². The number of unbranched alkanes of at least 4 members (excludes halogenated alkanes) is 1. The molecule has 2 saturated heterocycles. The van der Waals surface area contributed by atoms with E-state index in [1.807, 2.05) is 19.6 Å². The molecule has 6 nitrogen and oxygen atoms in total. The standard InChI is InChI=1S/C17H32N4O2S3/c1-2-3-7-18-14-15(20(16(18)22)9-5-12-25)21(10-6-13-26)17(23)19(14)8-4-11-24/h14-15,24-26H,2-13H2,1H3. The zero-order valence-corrected chi connectivity index (χ0v) is 18.3. The maximum absolute atomic E-state index is 13.1. The van der Waals surface area contributed by atoms with Gasteiger partial charge in [-0.25, -0.2) is 9.59 Å². The largest absolute Gasteiger partial charge is 0.323 e. The van der Waals surface area contributed by atoms with Gasteiger partial charge < -0.3 is 4.90 Å². The molecular weight excluding hydrogens is 388 g/mol. The number of rotatable bonds is 12. The van der Waals surface area contributed by atoms with Crippen molar-refractivity contribution >= 4 is 49.9 Å². The van der Waals surface area contributed by atoms with Gasteiger partial charge in [0.2, 0.25) is 0 Å². The Bertz CT molecular complexity index is 405. The molecule has 0 bridgehead atoms. The molecule has 0 saturated carbocycles. The summed E-state index contributed by atoms with van der Waals surface area (Å²) in [5.41, 5.74) is 0. The van der Waals surface area contributed by atoms with E-state index in [9.17, 15) is 9.59 Å². The lowest BCUT2D eigenvalue weighted by atomic mass is 10.2. The van der Waals surface area contributed by atoms with Crippen molar-refractivity contribution in [1.82, 2.24) is 19.6 Å². The van der Waals surface area contributed by atoms with E-state index < -0.39 is 0 Å². The third-order valence-corrected chi connectivity index (χ3v) is 5.90. The lowest BCUT2D eigenvalue weighted by Gasteiger charge is -2.30. The summed E-state index contributed by atoms with van der Waals surface area (Å²) in [5, 5.41) is 0. The van der Waals surface area contributed by atoms with Gasteiger partial charge in [0.05, 0.1) is 0 Å². The van der Waals surface area contributed by atoms with Crippen LogP contribution in [-0.4, -0.2) is 87.4 Å². The van der Waals surface area contributed by atoms with Gasteiger partial charge in [0.15, 0.2) is 0 Å². The van der Waals surface area contributed by atoms with E-state index in [0.29, 0.717) is 26.2 Å². The van der Waals surface area contributed by atoms with Gasteiger partial charge in [-0.3, -0.25) is 14.7 Å². The van der Waals surface area contributed by atoms with Crippen LogP contribution in [-0.2, 0) is 0 Å². The summed E-state index contributed by atoms with van der Waals surface area (Å²) in [6.45, 7) is 4.72. The molecule has 2 fully saturated rings. The molecule has 9 heteroatoms. The molecule has 0 radical (unpaired) electrons. The van der Waals surface area contributed by atoms with Crippen LogP contribution in [0.2, 0.25) is 0 Å². The molecular formula is C17H32N4O2S3. The molecule has 2 unspecified atom stereocenters. The summed E-state index contributed by atoms with van der Waals surface area (Å²) in [6.07, 6.45) is 4.04. The fourth-order valence-corrected chi connectivity index (χ4v) is 4.15. The molecule has 2 aliphatic rings. The Morgan fingerprint density at radius 3 is 1.23 bits per heavy atom. The second-order valence-corrected chi connectivity index (χ2v) is 8.09. The second kappa shape index (κ2) is 10.8. The number of fused-ring (bicyclic) bond motifs is 1.